The highest BCUT2D eigenvalue weighted by Crippen LogP contribution is 2.17. The molecule has 3 rings (SSSR count). The number of aromatic nitrogens is 2. The number of para-hydroxylation sites is 1. The van der Waals surface area contributed by atoms with Gasteiger partial charge in [-0.15, -0.1) is 0 Å². The summed E-state index contributed by atoms with van der Waals surface area (Å²) < 4.78 is 5.40. The second kappa shape index (κ2) is 7.55. The van der Waals surface area contributed by atoms with E-state index >= 15 is 0 Å². The van der Waals surface area contributed by atoms with Crippen LogP contribution >= 0.6 is 0 Å². The molecule has 24 heavy (non-hydrogen) atoms. The summed E-state index contributed by atoms with van der Waals surface area (Å²) in [5.74, 6) is 0.184. The van der Waals surface area contributed by atoms with Gasteiger partial charge >= 0.3 is 0 Å². The molecule has 0 aliphatic heterocycles. The lowest BCUT2D eigenvalue weighted by Gasteiger charge is -2.10. The zero-order valence-electron chi connectivity index (χ0n) is 13.5. The minimum absolute atomic E-state index is 0.181. The molecule has 0 aliphatic rings. The van der Waals surface area contributed by atoms with E-state index in [-0.39, 0.29) is 5.91 Å². The summed E-state index contributed by atoms with van der Waals surface area (Å²) in [5.41, 5.74) is 2.55. The summed E-state index contributed by atoms with van der Waals surface area (Å²) in [4.78, 5) is 20.9. The molecular weight excluding hydrogens is 302 g/mol. The molecule has 0 saturated heterocycles. The molecule has 2 aromatic heterocycles. The van der Waals surface area contributed by atoms with Crippen LogP contribution in [0.15, 0.2) is 54.9 Å². The third-order valence-corrected chi connectivity index (χ3v) is 3.69. The van der Waals surface area contributed by atoms with Crippen molar-refractivity contribution < 1.29 is 9.53 Å². The van der Waals surface area contributed by atoms with Crippen molar-refractivity contribution in [2.24, 2.45) is 0 Å². The van der Waals surface area contributed by atoms with Gasteiger partial charge < -0.3 is 10.1 Å². The van der Waals surface area contributed by atoms with Crippen molar-refractivity contribution in [1.82, 2.24) is 15.3 Å². The van der Waals surface area contributed by atoms with Crippen LogP contribution in [0.25, 0.3) is 10.9 Å². The van der Waals surface area contributed by atoms with Crippen LogP contribution < -0.4 is 10.1 Å². The standard InChI is InChI=1S/C19H19N3O2/c1-2-24-19-16(9-5-12-22-19)18(23)21-13-10-15-7-3-6-14-8-4-11-20-17(14)15/h3-9,11-12H,2,10,13H2,1H3,(H,21,23). The second-order valence-electron chi connectivity index (χ2n) is 5.29. The molecule has 0 bridgehead atoms. The first-order valence-corrected chi connectivity index (χ1v) is 7.98. The Bertz CT molecular complexity index is 843. The Labute approximate surface area is 140 Å². The number of carbonyl (C=O) groups excluding carboxylic acids is 1. The summed E-state index contributed by atoms with van der Waals surface area (Å²) in [5, 5.41) is 4.03. The lowest BCUT2D eigenvalue weighted by molar-refractivity contribution is 0.0949. The van der Waals surface area contributed by atoms with Gasteiger partial charge in [-0.05, 0) is 37.1 Å². The number of fused-ring (bicyclic) bond motifs is 1. The highest BCUT2D eigenvalue weighted by atomic mass is 16.5. The molecule has 3 aromatic rings. The number of nitrogens with zero attached hydrogens (tertiary/aromatic N) is 2. The van der Waals surface area contributed by atoms with Crippen molar-refractivity contribution in [2.45, 2.75) is 13.3 Å². The Morgan fingerprint density at radius 2 is 1.88 bits per heavy atom. The molecule has 0 fully saturated rings. The quantitative estimate of drug-likeness (QED) is 0.758. The Balaban J connectivity index is 1.67. The maximum Gasteiger partial charge on any atom is 0.256 e. The van der Waals surface area contributed by atoms with Crippen molar-refractivity contribution >= 4 is 16.8 Å². The minimum atomic E-state index is -0.181. The van der Waals surface area contributed by atoms with Gasteiger partial charge in [-0.3, -0.25) is 9.78 Å². The molecule has 0 atom stereocenters. The molecule has 5 nitrogen and oxygen atoms in total. The van der Waals surface area contributed by atoms with Gasteiger partial charge in [0.2, 0.25) is 5.88 Å². The first-order valence-electron chi connectivity index (χ1n) is 7.98. The number of carbonyl (C=O) groups is 1. The summed E-state index contributed by atoms with van der Waals surface area (Å²) >= 11 is 0. The van der Waals surface area contributed by atoms with Crippen LogP contribution in [0.1, 0.15) is 22.8 Å². The van der Waals surface area contributed by atoms with E-state index in [4.69, 9.17) is 4.74 Å². The minimum Gasteiger partial charge on any atom is -0.477 e. The van der Waals surface area contributed by atoms with E-state index in [1.165, 1.54) is 0 Å². The highest BCUT2D eigenvalue weighted by Gasteiger charge is 2.12. The molecule has 1 amide bonds. The lowest BCUT2D eigenvalue weighted by atomic mass is 10.1. The van der Waals surface area contributed by atoms with Gasteiger partial charge in [-0.25, -0.2) is 4.98 Å². The van der Waals surface area contributed by atoms with Crippen LogP contribution in [0.3, 0.4) is 0 Å². The van der Waals surface area contributed by atoms with Gasteiger partial charge in [-0.2, -0.15) is 0 Å². The number of pyridine rings is 2. The fourth-order valence-electron chi connectivity index (χ4n) is 2.59. The summed E-state index contributed by atoms with van der Waals surface area (Å²) in [6.07, 6.45) is 4.11. The van der Waals surface area contributed by atoms with Gasteiger partial charge in [-0.1, -0.05) is 24.3 Å². The van der Waals surface area contributed by atoms with E-state index in [1.54, 1.807) is 24.5 Å². The van der Waals surface area contributed by atoms with Gasteiger partial charge in [0.1, 0.15) is 5.56 Å². The fraction of sp³-hybridized carbons (Fsp3) is 0.211. The van der Waals surface area contributed by atoms with E-state index in [2.05, 4.69) is 15.3 Å². The average Bonchev–Trinajstić information content (AvgIpc) is 2.62. The summed E-state index contributed by atoms with van der Waals surface area (Å²) in [6, 6.07) is 13.5. The monoisotopic (exact) mass is 321 g/mol. The molecule has 0 radical (unpaired) electrons. The van der Waals surface area contributed by atoms with Crippen molar-refractivity contribution in [2.75, 3.05) is 13.2 Å². The third kappa shape index (κ3) is 3.51. The van der Waals surface area contributed by atoms with Crippen molar-refractivity contribution in [3.63, 3.8) is 0 Å². The van der Waals surface area contributed by atoms with Gasteiger partial charge in [0.25, 0.3) is 5.91 Å². The number of benzene rings is 1. The second-order valence-corrected chi connectivity index (χ2v) is 5.29. The number of amides is 1. The van der Waals surface area contributed by atoms with Crippen LogP contribution in [0, 0.1) is 0 Å². The normalized spacial score (nSPS) is 10.5. The van der Waals surface area contributed by atoms with E-state index in [0.717, 1.165) is 16.5 Å². The predicted molar refractivity (Wildman–Crippen MR) is 93.2 cm³/mol. The average molecular weight is 321 g/mol. The van der Waals surface area contributed by atoms with Crippen molar-refractivity contribution in [1.29, 1.82) is 0 Å². The van der Waals surface area contributed by atoms with Crippen LogP contribution in [0.2, 0.25) is 0 Å². The van der Waals surface area contributed by atoms with Gasteiger partial charge in [0.05, 0.1) is 12.1 Å². The molecule has 0 spiro atoms. The first kappa shape index (κ1) is 15.9. The first-order chi connectivity index (χ1) is 11.8. The Morgan fingerprint density at radius 1 is 1.08 bits per heavy atom. The Morgan fingerprint density at radius 3 is 2.75 bits per heavy atom. The largest absolute Gasteiger partial charge is 0.477 e. The zero-order chi connectivity index (χ0) is 16.8. The van der Waals surface area contributed by atoms with Gasteiger partial charge in [0.15, 0.2) is 0 Å². The maximum absolute atomic E-state index is 12.3. The number of nitrogens with one attached hydrogen (secondary N) is 1. The highest BCUT2D eigenvalue weighted by molar-refractivity contribution is 5.96. The van der Waals surface area contributed by atoms with Crippen LogP contribution in [-0.2, 0) is 6.42 Å². The Hall–Kier alpha value is -2.95. The molecule has 122 valence electrons. The Kier molecular flexibility index (Phi) is 5.01. The zero-order valence-corrected chi connectivity index (χ0v) is 13.5. The van der Waals surface area contributed by atoms with E-state index in [1.807, 2.05) is 37.3 Å². The SMILES string of the molecule is CCOc1ncccc1C(=O)NCCc1cccc2cccnc12. The predicted octanol–water partition coefficient (Wildman–Crippen LogP) is 3.00. The lowest BCUT2D eigenvalue weighted by Crippen LogP contribution is -2.26. The summed E-state index contributed by atoms with van der Waals surface area (Å²) in [7, 11) is 0. The molecule has 5 heteroatoms. The molecule has 0 unspecified atom stereocenters. The van der Waals surface area contributed by atoms with E-state index < -0.39 is 0 Å². The van der Waals surface area contributed by atoms with E-state index in [0.29, 0.717) is 31.0 Å². The number of rotatable bonds is 6. The number of ether oxygens (including phenoxy) is 1. The summed E-state index contributed by atoms with van der Waals surface area (Å²) in [6.45, 7) is 2.86. The van der Waals surface area contributed by atoms with Crippen molar-refractivity contribution in [3.05, 3.63) is 66.0 Å². The molecular formula is C19H19N3O2. The molecule has 0 aliphatic carbocycles. The smallest absolute Gasteiger partial charge is 0.256 e. The van der Waals surface area contributed by atoms with Crippen LogP contribution in [-0.4, -0.2) is 29.0 Å². The van der Waals surface area contributed by atoms with Crippen LogP contribution in [0.5, 0.6) is 5.88 Å². The molecule has 2 heterocycles. The molecule has 1 N–H and O–H groups in total. The molecule has 1 aromatic carbocycles. The third-order valence-electron chi connectivity index (χ3n) is 3.69. The van der Waals surface area contributed by atoms with Crippen LogP contribution in [0.4, 0.5) is 0 Å². The van der Waals surface area contributed by atoms with Crippen molar-refractivity contribution in [3.8, 4) is 5.88 Å². The number of hydrogen-bond donors (Lipinski definition) is 1. The topological polar surface area (TPSA) is 64.1 Å². The van der Waals surface area contributed by atoms with Gasteiger partial charge in [0, 0.05) is 24.3 Å². The fourth-order valence-corrected chi connectivity index (χ4v) is 2.59. The maximum atomic E-state index is 12.3. The number of hydrogen-bond acceptors (Lipinski definition) is 4. The van der Waals surface area contributed by atoms with E-state index in [9.17, 15) is 4.79 Å². The molecule has 0 saturated carbocycles.